The first-order valence-corrected chi connectivity index (χ1v) is 9.06. The summed E-state index contributed by atoms with van der Waals surface area (Å²) in [5.41, 5.74) is -0.954. The number of aliphatic hydroxyl groups is 1. The van der Waals surface area contributed by atoms with Crippen LogP contribution in [0.3, 0.4) is 0 Å². The Labute approximate surface area is 150 Å². The van der Waals surface area contributed by atoms with Crippen LogP contribution in [0.2, 0.25) is 0 Å². The molecule has 1 aliphatic heterocycles. The summed E-state index contributed by atoms with van der Waals surface area (Å²) in [6.07, 6.45) is 0.797. The number of nitrogens with zero attached hydrogens (tertiary/aromatic N) is 1. The zero-order valence-electron chi connectivity index (χ0n) is 14.2. The lowest BCUT2D eigenvalue weighted by Crippen LogP contribution is -2.71. The van der Waals surface area contributed by atoms with Crippen molar-refractivity contribution >= 4 is 27.7 Å². The Bertz CT molecular complexity index is 673. The zero-order valence-corrected chi connectivity index (χ0v) is 15.8. The van der Waals surface area contributed by atoms with E-state index in [9.17, 15) is 14.7 Å². The van der Waals surface area contributed by atoms with Gasteiger partial charge in [0.2, 0.25) is 0 Å². The molecule has 0 bridgehead atoms. The van der Waals surface area contributed by atoms with Crippen LogP contribution in [0.4, 0.5) is 4.79 Å². The van der Waals surface area contributed by atoms with Gasteiger partial charge in [-0.25, -0.2) is 4.79 Å². The molecule has 3 atom stereocenters. The molecule has 0 aromatic heterocycles. The highest BCUT2D eigenvalue weighted by atomic mass is 79.9. The van der Waals surface area contributed by atoms with Crippen LogP contribution in [0.15, 0.2) is 28.7 Å². The Morgan fingerprint density at radius 1 is 1.29 bits per heavy atom. The lowest BCUT2D eigenvalue weighted by molar-refractivity contribution is -0.192. The second kappa shape index (κ2) is 5.85. The molecule has 2 amide bonds. The molecule has 2 aliphatic rings. The average Bonchev–Trinajstić information content (AvgIpc) is 2.44. The number of hydrogen-bond donors (Lipinski definition) is 2. The molecule has 1 aromatic rings. The van der Waals surface area contributed by atoms with Crippen molar-refractivity contribution in [3.63, 3.8) is 0 Å². The molecule has 2 fully saturated rings. The van der Waals surface area contributed by atoms with Gasteiger partial charge in [-0.1, -0.05) is 41.9 Å². The van der Waals surface area contributed by atoms with E-state index in [4.69, 9.17) is 0 Å². The van der Waals surface area contributed by atoms with Gasteiger partial charge in [0.05, 0.1) is 12.0 Å². The van der Waals surface area contributed by atoms with E-state index < -0.39 is 17.7 Å². The summed E-state index contributed by atoms with van der Waals surface area (Å²) in [5, 5.41) is 14.4. The van der Waals surface area contributed by atoms with Gasteiger partial charge in [-0.3, -0.25) is 9.69 Å². The van der Waals surface area contributed by atoms with Gasteiger partial charge in [0.15, 0.2) is 5.72 Å². The maximum Gasteiger partial charge on any atom is 0.320 e. The van der Waals surface area contributed by atoms with Crippen LogP contribution in [-0.4, -0.2) is 34.1 Å². The van der Waals surface area contributed by atoms with E-state index in [1.807, 2.05) is 45.0 Å². The monoisotopic (exact) mass is 394 g/mol. The molecule has 130 valence electrons. The standard InChI is InChI=1S/C18H23BrN2O3/c1-4-21-16(23)20-15(11-5-7-12(19)8-6-11)14-13(22)9-17(2,3)10-18(14,21)24/h5-8,14-15,24H,4,9-10H2,1-3H3,(H,20,23). The van der Waals surface area contributed by atoms with Gasteiger partial charge in [0.1, 0.15) is 5.78 Å². The lowest BCUT2D eigenvalue weighted by Gasteiger charge is -2.56. The van der Waals surface area contributed by atoms with Gasteiger partial charge in [-0.15, -0.1) is 0 Å². The zero-order chi connectivity index (χ0) is 17.7. The minimum absolute atomic E-state index is 0.000110. The number of carbonyl (C=O) groups excluding carboxylic acids is 2. The normalized spacial score (nSPS) is 32.3. The molecule has 0 spiro atoms. The Morgan fingerprint density at radius 3 is 2.50 bits per heavy atom. The minimum atomic E-state index is -1.45. The fraction of sp³-hybridized carbons (Fsp3) is 0.556. The molecular weight excluding hydrogens is 372 g/mol. The maximum absolute atomic E-state index is 12.9. The summed E-state index contributed by atoms with van der Waals surface area (Å²) in [6.45, 7) is 6.11. The van der Waals surface area contributed by atoms with Gasteiger partial charge < -0.3 is 10.4 Å². The smallest absolute Gasteiger partial charge is 0.320 e. The van der Waals surface area contributed by atoms with E-state index in [-0.39, 0.29) is 17.2 Å². The van der Waals surface area contributed by atoms with Gasteiger partial charge >= 0.3 is 6.03 Å². The van der Waals surface area contributed by atoms with Crippen LogP contribution < -0.4 is 5.32 Å². The number of halogens is 1. The molecule has 1 aromatic carbocycles. The fourth-order valence-electron chi connectivity index (χ4n) is 4.27. The Balaban J connectivity index is 2.08. The summed E-state index contributed by atoms with van der Waals surface area (Å²) in [5.74, 6) is -0.663. The van der Waals surface area contributed by atoms with Gasteiger partial charge in [-0.05, 0) is 30.0 Å². The number of hydrogen-bond acceptors (Lipinski definition) is 3. The molecule has 3 rings (SSSR count). The van der Waals surface area contributed by atoms with E-state index in [2.05, 4.69) is 21.2 Å². The number of carbonyl (C=O) groups is 2. The Morgan fingerprint density at radius 2 is 1.92 bits per heavy atom. The molecular formula is C18H23BrN2O3. The highest BCUT2D eigenvalue weighted by Gasteiger charge is 2.60. The van der Waals surface area contributed by atoms with Crippen molar-refractivity contribution in [3.8, 4) is 0 Å². The number of urea groups is 1. The predicted octanol–water partition coefficient (Wildman–Crippen LogP) is 3.23. The number of ketones is 1. The van der Waals surface area contributed by atoms with Crippen LogP contribution in [0.25, 0.3) is 0 Å². The first-order chi connectivity index (χ1) is 11.2. The quantitative estimate of drug-likeness (QED) is 0.808. The van der Waals surface area contributed by atoms with Crippen molar-refractivity contribution in [2.75, 3.05) is 6.54 Å². The van der Waals surface area contributed by atoms with Crippen molar-refractivity contribution < 1.29 is 14.7 Å². The van der Waals surface area contributed by atoms with Crippen molar-refractivity contribution in [1.82, 2.24) is 10.2 Å². The molecule has 3 unspecified atom stereocenters. The van der Waals surface area contributed by atoms with Crippen LogP contribution >= 0.6 is 15.9 Å². The molecule has 1 saturated heterocycles. The summed E-state index contributed by atoms with van der Waals surface area (Å²) < 4.78 is 0.926. The summed E-state index contributed by atoms with van der Waals surface area (Å²) >= 11 is 3.40. The number of Topliss-reactive ketones (excluding diaryl/α,β-unsaturated/α-hetero) is 1. The number of rotatable bonds is 2. The van der Waals surface area contributed by atoms with Crippen molar-refractivity contribution in [1.29, 1.82) is 0 Å². The van der Waals surface area contributed by atoms with Crippen LogP contribution in [-0.2, 0) is 4.79 Å². The van der Waals surface area contributed by atoms with Gasteiger partial charge in [-0.2, -0.15) is 0 Å². The minimum Gasteiger partial charge on any atom is -0.370 e. The van der Waals surface area contributed by atoms with E-state index in [1.165, 1.54) is 4.90 Å². The largest absolute Gasteiger partial charge is 0.370 e. The third-order valence-electron chi connectivity index (χ3n) is 5.11. The fourth-order valence-corrected chi connectivity index (χ4v) is 4.53. The van der Waals surface area contributed by atoms with Crippen molar-refractivity contribution in [3.05, 3.63) is 34.3 Å². The molecule has 5 nitrogen and oxygen atoms in total. The maximum atomic E-state index is 12.9. The van der Waals surface area contributed by atoms with Gasteiger partial charge in [0.25, 0.3) is 0 Å². The number of fused-ring (bicyclic) bond motifs is 1. The van der Waals surface area contributed by atoms with Crippen LogP contribution in [0, 0.1) is 11.3 Å². The molecule has 1 aliphatic carbocycles. The van der Waals surface area contributed by atoms with E-state index in [1.54, 1.807) is 0 Å². The van der Waals surface area contributed by atoms with Crippen LogP contribution in [0.5, 0.6) is 0 Å². The van der Waals surface area contributed by atoms with Crippen LogP contribution in [0.1, 0.15) is 45.2 Å². The molecule has 0 radical (unpaired) electrons. The summed E-state index contributed by atoms with van der Waals surface area (Å²) in [4.78, 5) is 26.9. The first kappa shape index (κ1) is 17.4. The molecule has 2 N–H and O–H groups in total. The lowest BCUT2D eigenvalue weighted by atomic mass is 9.63. The molecule has 6 heteroatoms. The highest BCUT2D eigenvalue weighted by molar-refractivity contribution is 9.10. The third-order valence-corrected chi connectivity index (χ3v) is 5.64. The average molecular weight is 395 g/mol. The first-order valence-electron chi connectivity index (χ1n) is 8.27. The van der Waals surface area contributed by atoms with Gasteiger partial charge in [0, 0.05) is 23.9 Å². The third kappa shape index (κ3) is 2.75. The summed E-state index contributed by atoms with van der Waals surface area (Å²) in [7, 11) is 0. The van der Waals surface area contributed by atoms with E-state index >= 15 is 0 Å². The van der Waals surface area contributed by atoms with E-state index in [0.29, 0.717) is 19.4 Å². The second-order valence-electron chi connectivity index (χ2n) is 7.56. The SMILES string of the molecule is CCN1C(=O)NC(c2ccc(Br)cc2)C2C(=O)CC(C)(C)CC21O. The summed E-state index contributed by atoms with van der Waals surface area (Å²) in [6, 6.07) is 6.68. The number of benzene rings is 1. The van der Waals surface area contributed by atoms with E-state index in [0.717, 1.165) is 10.0 Å². The Hall–Kier alpha value is -1.40. The predicted molar refractivity (Wildman–Crippen MR) is 94.3 cm³/mol. The molecule has 1 saturated carbocycles. The second-order valence-corrected chi connectivity index (χ2v) is 8.48. The number of nitrogens with one attached hydrogen (secondary N) is 1. The molecule has 24 heavy (non-hydrogen) atoms. The number of amides is 2. The van der Waals surface area contributed by atoms with Crippen molar-refractivity contribution in [2.24, 2.45) is 11.3 Å². The molecule has 1 heterocycles. The Kier molecular flexibility index (Phi) is 4.24. The van der Waals surface area contributed by atoms with Crippen molar-refractivity contribution in [2.45, 2.75) is 45.4 Å². The topological polar surface area (TPSA) is 69.6 Å². The highest BCUT2D eigenvalue weighted by Crippen LogP contribution is 2.50.